The quantitative estimate of drug-likeness (QED) is 0.454. The molecule has 0 fully saturated rings. The lowest BCUT2D eigenvalue weighted by atomic mass is 10.2. The maximum atomic E-state index is 11.8. The van der Waals surface area contributed by atoms with Crippen molar-refractivity contribution >= 4 is 15.9 Å². The van der Waals surface area contributed by atoms with Crippen molar-refractivity contribution in [2.24, 2.45) is 0 Å². The largest absolute Gasteiger partial charge is 0.493 e. The number of ether oxygens (including phenoxy) is 3. The van der Waals surface area contributed by atoms with Gasteiger partial charge in [0, 0.05) is 5.33 Å². The Kier molecular flexibility index (Phi) is 5.74. The van der Waals surface area contributed by atoms with E-state index in [0.717, 1.165) is 5.56 Å². The molecular formula is C11H12BrF3O3. The molecule has 0 aliphatic carbocycles. The Bertz CT molecular complexity index is 382. The average Bonchev–Trinajstić information content (AvgIpc) is 2.33. The van der Waals surface area contributed by atoms with E-state index in [2.05, 4.69) is 20.7 Å². The van der Waals surface area contributed by atoms with Crippen LogP contribution in [0.1, 0.15) is 5.56 Å². The van der Waals surface area contributed by atoms with E-state index >= 15 is 0 Å². The van der Waals surface area contributed by atoms with Crippen LogP contribution < -0.4 is 9.47 Å². The van der Waals surface area contributed by atoms with Gasteiger partial charge in [0.1, 0.15) is 6.61 Å². The van der Waals surface area contributed by atoms with Crippen molar-refractivity contribution in [2.75, 3.05) is 20.5 Å². The zero-order chi connectivity index (χ0) is 13.6. The van der Waals surface area contributed by atoms with Gasteiger partial charge in [0.2, 0.25) is 0 Å². The average molecular weight is 329 g/mol. The normalized spacial score (nSPS) is 11.4. The summed E-state index contributed by atoms with van der Waals surface area (Å²) in [6.07, 6.45) is -4.36. The lowest BCUT2D eigenvalue weighted by Crippen LogP contribution is -2.19. The molecule has 0 saturated carbocycles. The Hall–Kier alpha value is -0.950. The SMILES string of the molecule is COc1ccc(CBr)cc1OCOCC(F)(F)F. The van der Waals surface area contributed by atoms with Gasteiger partial charge in [-0.25, -0.2) is 0 Å². The summed E-state index contributed by atoms with van der Waals surface area (Å²) in [6.45, 7) is -1.82. The summed E-state index contributed by atoms with van der Waals surface area (Å²) in [5, 5.41) is 0.608. The Morgan fingerprint density at radius 1 is 1.22 bits per heavy atom. The summed E-state index contributed by atoms with van der Waals surface area (Å²) in [5.41, 5.74) is 0.918. The fourth-order valence-corrected chi connectivity index (χ4v) is 1.53. The van der Waals surface area contributed by atoms with Crippen molar-refractivity contribution in [3.63, 3.8) is 0 Å². The summed E-state index contributed by atoms with van der Waals surface area (Å²) in [4.78, 5) is 0. The van der Waals surface area contributed by atoms with Gasteiger partial charge in [-0.2, -0.15) is 13.2 Å². The molecule has 0 spiro atoms. The zero-order valence-corrected chi connectivity index (χ0v) is 11.2. The van der Waals surface area contributed by atoms with E-state index < -0.39 is 19.6 Å². The first kappa shape index (κ1) is 15.1. The highest BCUT2D eigenvalue weighted by molar-refractivity contribution is 9.08. The van der Waals surface area contributed by atoms with Gasteiger partial charge in [0.25, 0.3) is 0 Å². The van der Waals surface area contributed by atoms with Crippen LogP contribution in [0.4, 0.5) is 13.2 Å². The Labute approximate surface area is 111 Å². The fraction of sp³-hybridized carbons (Fsp3) is 0.455. The van der Waals surface area contributed by atoms with Crippen molar-refractivity contribution in [1.29, 1.82) is 0 Å². The number of hydrogen-bond donors (Lipinski definition) is 0. The molecule has 1 aromatic carbocycles. The third-order valence-electron chi connectivity index (χ3n) is 1.95. The number of halogens is 4. The fourth-order valence-electron chi connectivity index (χ4n) is 1.18. The topological polar surface area (TPSA) is 27.7 Å². The monoisotopic (exact) mass is 328 g/mol. The van der Waals surface area contributed by atoms with Crippen molar-refractivity contribution in [2.45, 2.75) is 11.5 Å². The predicted octanol–water partition coefficient (Wildman–Crippen LogP) is 3.51. The predicted molar refractivity (Wildman–Crippen MR) is 63.1 cm³/mol. The third-order valence-corrected chi connectivity index (χ3v) is 2.59. The smallest absolute Gasteiger partial charge is 0.411 e. The number of methoxy groups -OCH3 is 1. The Morgan fingerprint density at radius 2 is 1.94 bits per heavy atom. The van der Waals surface area contributed by atoms with E-state index in [-0.39, 0.29) is 0 Å². The van der Waals surface area contributed by atoms with E-state index in [0.29, 0.717) is 16.8 Å². The lowest BCUT2D eigenvalue weighted by Gasteiger charge is -2.12. The van der Waals surface area contributed by atoms with Gasteiger partial charge in [-0.3, -0.25) is 0 Å². The van der Waals surface area contributed by atoms with Crippen molar-refractivity contribution < 1.29 is 27.4 Å². The molecule has 0 bridgehead atoms. The highest BCUT2D eigenvalue weighted by Gasteiger charge is 2.27. The molecule has 1 aromatic rings. The molecule has 0 saturated heterocycles. The van der Waals surface area contributed by atoms with E-state index in [1.165, 1.54) is 7.11 Å². The number of hydrogen-bond acceptors (Lipinski definition) is 3. The molecule has 0 aromatic heterocycles. The summed E-state index contributed by atoms with van der Waals surface area (Å²) in [6, 6.07) is 5.16. The molecule has 1 rings (SSSR count). The molecule has 0 aliphatic heterocycles. The van der Waals surface area contributed by atoms with Gasteiger partial charge >= 0.3 is 6.18 Å². The van der Waals surface area contributed by atoms with Crippen LogP contribution >= 0.6 is 15.9 Å². The summed E-state index contributed by atoms with van der Waals surface area (Å²) in [5.74, 6) is 0.784. The first-order chi connectivity index (χ1) is 8.46. The maximum Gasteiger partial charge on any atom is 0.411 e. The molecule has 0 aliphatic rings. The highest BCUT2D eigenvalue weighted by Crippen LogP contribution is 2.29. The standard InChI is InChI=1S/C11H12BrF3O3/c1-16-9-3-2-8(5-12)4-10(9)18-7-17-6-11(13,14)15/h2-4H,5-7H2,1H3. The first-order valence-corrected chi connectivity index (χ1v) is 6.08. The van der Waals surface area contributed by atoms with Crippen LogP contribution in [-0.4, -0.2) is 26.7 Å². The van der Waals surface area contributed by atoms with Crippen molar-refractivity contribution in [3.8, 4) is 11.5 Å². The Balaban J connectivity index is 2.54. The molecule has 0 radical (unpaired) electrons. The maximum absolute atomic E-state index is 11.8. The van der Waals surface area contributed by atoms with E-state index in [1.54, 1.807) is 12.1 Å². The highest BCUT2D eigenvalue weighted by atomic mass is 79.9. The second-order valence-electron chi connectivity index (χ2n) is 3.34. The number of alkyl halides is 4. The van der Waals surface area contributed by atoms with Gasteiger partial charge in [-0.1, -0.05) is 22.0 Å². The van der Waals surface area contributed by atoms with Crippen LogP contribution in [0.5, 0.6) is 11.5 Å². The third kappa shape index (κ3) is 5.14. The van der Waals surface area contributed by atoms with Crippen LogP contribution in [0.15, 0.2) is 18.2 Å². The molecule has 7 heteroatoms. The van der Waals surface area contributed by atoms with Crippen LogP contribution in [0.25, 0.3) is 0 Å². The van der Waals surface area contributed by atoms with Crippen molar-refractivity contribution in [3.05, 3.63) is 23.8 Å². The van der Waals surface area contributed by atoms with E-state index in [4.69, 9.17) is 9.47 Å². The van der Waals surface area contributed by atoms with Crippen LogP contribution in [0.3, 0.4) is 0 Å². The molecule has 0 heterocycles. The van der Waals surface area contributed by atoms with Crippen LogP contribution in [-0.2, 0) is 10.1 Å². The van der Waals surface area contributed by atoms with Gasteiger partial charge < -0.3 is 14.2 Å². The first-order valence-electron chi connectivity index (χ1n) is 4.96. The molecular weight excluding hydrogens is 317 g/mol. The van der Waals surface area contributed by atoms with E-state index in [9.17, 15) is 13.2 Å². The van der Waals surface area contributed by atoms with Gasteiger partial charge in [-0.05, 0) is 17.7 Å². The van der Waals surface area contributed by atoms with Crippen LogP contribution in [0, 0.1) is 0 Å². The number of benzene rings is 1. The van der Waals surface area contributed by atoms with Crippen LogP contribution in [0.2, 0.25) is 0 Å². The molecule has 0 unspecified atom stereocenters. The summed E-state index contributed by atoms with van der Waals surface area (Å²) < 4.78 is 50.0. The van der Waals surface area contributed by atoms with Gasteiger partial charge in [0.05, 0.1) is 7.11 Å². The summed E-state index contributed by atoms with van der Waals surface area (Å²) >= 11 is 3.27. The van der Waals surface area contributed by atoms with Gasteiger partial charge in [-0.15, -0.1) is 0 Å². The molecule has 0 N–H and O–H groups in total. The minimum atomic E-state index is -4.36. The molecule has 0 atom stereocenters. The minimum Gasteiger partial charge on any atom is -0.493 e. The molecule has 0 amide bonds. The van der Waals surface area contributed by atoms with Crippen molar-refractivity contribution in [1.82, 2.24) is 0 Å². The summed E-state index contributed by atoms with van der Waals surface area (Å²) in [7, 11) is 1.45. The lowest BCUT2D eigenvalue weighted by molar-refractivity contribution is -0.186. The van der Waals surface area contributed by atoms with Gasteiger partial charge in [0.15, 0.2) is 18.3 Å². The molecule has 18 heavy (non-hydrogen) atoms. The zero-order valence-electron chi connectivity index (χ0n) is 9.59. The second-order valence-corrected chi connectivity index (χ2v) is 3.91. The van der Waals surface area contributed by atoms with E-state index in [1.807, 2.05) is 6.07 Å². The Morgan fingerprint density at radius 3 is 2.50 bits per heavy atom. The second kappa shape index (κ2) is 6.84. The minimum absolute atomic E-state index is 0.344. The number of rotatable bonds is 6. The molecule has 3 nitrogen and oxygen atoms in total. The molecule has 102 valence electrons.